The molecule has 1 aromatic heterocycles. The first-order valence-corrected chi connectivity index (χ1v) is 22.8. The molecular formula is C41H55NO8SSi. The maximum absolute atomic E-state index is 12.5. The number of carbonyl (C=O) groups excluding carboxylic acids is 1. The van der Waals surface area contributed by atoms with E-state index in [1.807, 2.05) is 51.1 Å². The first-order chi connectivity index (χ1) is 24.9. The summed E-state index contributed by atoms with van der Waals surface area (Å²) >= 11 is 1.70. The molecule has 0 saturated carbocycles. The number of hydrogen-bond donors (Lipinski definition) is 0. The summed E-state index contributed by atoms with van der Waals surface area (Å²) in [7, 11) is -1.14. The second-order valence-electron chi connectivity index (χ2n) is 15.4. The van der Waals surface area contributed by atoms with Gasteiger partial charge < -0.3 is 33.3 Å². The van der Waals surface area contributed by atoms with Crippen molar-refractivity contribution in [3.05, 3.63) is 94.2 Å². The number of hydroxylamine groups is 2. The van der Waals surface area contributed by atoms with Crippen LogP contribution >= 0.6 is 11.3 Å². The molecule has 4 aromatic rings. The number of hydrogen-bond acceptors (Lipinski definition) is 10. The van der Waals surface area contributed by atoms with Crippen molar-refractivity contribution >= 4 is 36.3 Å². The van der Waals surface area contributed by atoms with Crippen LogP contribution in [-0.2, 0) is 37.0 Å². The van der Waals surface area contributed by atoms with Crippen LogP contribution in [0.3, 0.4) is 0 Å². The number of piperidine rings is 1. The molecule has 1 saturated heterocycles. The Balaban J connectivity index is 1.18. The molecular weight excluding hydrogens is 695 g/mol. The molecule has 0 aliphatic carbocycles. The summed E-state index contributed by atoms with van der Waals surface area (Å²) in [5.74, 6) is 1.69. The zero-order valence-electron chi connectivity index (χ0n) is 31.6. The van der Waals surface area contributed by atoms with Crippen molar-refractivity contribution in [1.82, 2.24) is 5.06 Å². The first-order valence-electron chi connectivity index (χ1n) is 18.2. The standard InChI is InChI=1S/C41H55NO8SSi/c1-41(2,3)49-40(43)50-42-19-18-38(33-13-15-35(16-14-33)46-21-8-20-44-29-37-9-7-23-51-37)39(27-42)47-28-31-10-11-32-12-17-36(26-34(32)25-31)48-30-45-22-24-52(4,5)6/h7,9-17,23,25-26,38-39H,8,18-22,24,27-30H2,1-6H3. The lowest BCUT2D eigenvalue weighted by Crippen LogP contribution is -2.45. The largest absolute Gasteiger partial charge is 0.528 e. The van der Waals surface area contributed by atoms with Crippen LogP contribution in [0.2, 0.25) is 25.7 Å². The molecule has 52 heavy (non-hydrogen) atoms. The Kier molecular flexibility index (Phi) is 14.6. The minimum absolute atomic E-state index is 0.0968. The van der Waals surface area contributed by atoms with E-state index in [1.54, 1.807) is 16.4 Å². The van der Waals surface area contributed by atoms with Gasteiger partial charge in [0.2, 0.25) is 0 Å². The third-order valence-corrected chi connectivity index (χ3v) is 11.1. The Bertz CT molecular complexity index is 1670. The van der Waals surface area contributed by atoms with Gasteiger partial charge in [-0.2, -0.15) is 0 Å². The van der Waals surface area contributed by atoms with E-state index in [-0.39, 0.29) is 18.8 Å². The quantitative estimate of drug-likeness (QED) is 0.0427. The highest BCUT2D eigenvalue weighted by atomic mass is 32.1. The fourth-order valence-electron chi connectivity index (χ4n) is 5.83. The average molecular weight is 750 g/mol. The maximum atomic E-state index is 12.5. The van der Waals surface area contributed by atoms with Crippen molar-refractivity contribution in [2.75, 3.05) is 39.7 Å². The van der Waals surface area contributed by atoms with Crippen LogP contribution in [0, 0.1) is 0 Å². The highest BCUT2D eigenvalue weighted by molar-refractivity contribution is 7.09. The minimum atomic E-state index is -1.14. The van der Waals surface area contributed by atoms with E-state index in [2.05, 4.69) is 67.5 Å². The predicted molar refractivity (Wildman–Crippen MR) is 209 cm³/mol. The Morgan fingerprint density at radius 3 is 2.40 bits per heavy atom. The summed E-state index contributed by atoms with van der Waals surface area (Å²) in [4.78, 5) is 19.4. The van der Waals surface area contributed by atoms with Crippen LogP contribution in [0.4, 0.5) is 4.79 Å². The molecule has 0 spiro atoms. The van der Waals surface area contributed by atoms with E-state index >= 15 is 0 Å². The lowest BCUT2D eigenvalue weighted by molar-refractivity contribution is -0.179. The molecule has 0 radical (unpaired) electrons. The van der Waals surface area contributed by atoms with Gasteiger partial charge in [-0.05, 0) is 96.9 Å². The van der Waals surface area contributed by atoms with Gasteiger partial charge in [-0.3, -0.25) is 0 Å². The molecule has 1 aliphatic heterocycles. The topological polar surface area (TPSA) is 84.9 Å². The van der Waals surface area contributed by atoms with Crippen molar-refractivity contribution < 1.29 is 38.1 Å². The summed E-state index contributed by atoms with van der Waals surface area (Å²) in [6.45, 7) is 16.7. The van der Waals surface area contributed by atoms with E-state index in [0.29, 0.717) is 39.5 Å². The second-order valence-corrected chi connectivity index (χ2v) is 22.1. The molecule has 2 unspecified atom stereocenters. The summed E-state index contributed by atoms with van der Waals surface area (Å²) in [6.07, 6.45) is 0.614. The molecule has 9 nitrogen and oxygen atoms in total. The van der Waals surface area contributed by atoms with E-state index in [9.17, 15) is 4.79 Å². The predicted octanol–water partition coefficient (Wildman–Crippen LogP) is 9.82. The van der Waals surface area contributed by atoms with Gasteiger partial charge in [0.25, 0.3) is 0 Å². The SMILES string of the molecule is CC(C)(C)OC(=O)ON1CCC(c2ccc(OCCCOCc3cccs3)cc2)C(OCc2ccc3ccc(OCOCC[Si](C)(C)C)cc3c2)C1. The lowest BCUT2D eigenvalue weighted by Gasteiger charge is -2.37. The van der Waals surface area contributed by atoms with Gasteiger partial charge in [-0.25, -0.2) is 4.79 Å². The lowest BCUT2D eigenvalue weighted by atomic mass is 9.87. The van der Waals surface area contributed by atoms with Gasteiger partial charge in [0.05, 0.1) is 39.1 Å². The fraction of sp³-hybridized carbons (Fsp3) is 0.488. The summed E-state index contributed by atoms with van der Waals surface area (Å²) in [5, 5.41) is 5.91. The molecule has 2 atom stereocenters. The number of fused-ring (bicyclic) bond motifs is 1. The third kappa shape index (κ3) is 13.5. The Morgan fingerprint density at radius 1 is 0.865 bits per heavy atom. The van der Waals surface area contributed by atoms with Crippen molar-refractivity contribution in [2.24, 2.45) is 0 Å². The normalized spacial score (nSPS) is 16.9. The molecule has 1 fully saturated rings. The van der Waals surface area contributed by atoms with Crippen molar-refractivity contribution in [1.29, 1.82) is 0 Å². The van der Waals surface area contributed by atoms with Gasteiger partial charge >= 0.3 is 6.16 Å². The average Bonchev–Trinajstić information content (AvgIpc) is 3.61. The first kappa shape index (κ1) is 39.7. The van der Waals surface area contributed by atoms with Crippen LogP contribution in [0.5, 0.6) is 11.5 Å². The Hall–Kier alpha value is -3.45. The number of carbonyl (C=O) groups is 1. The number of rotatable bonds is 18. The highest BCUT2D eigenvalue weighted by Crippen LogP contribution is 2.33. The number of ether oxygens (including phenoxy) is 6. The molecule has 0 amide bonds. The monoisotopic (exact) mass is 749 g/mol. The Labute approximate surface area is 314 Å². The highest BCUT2D eigenvalue weighted by Gasteiger charge is 2.34. The molecule has 0 bridgehead atoms. The molecule has 3 aromatic carbocycles. The van der Waals surface area contributed by atoms with Gasteiger partial charge in [0.1, 0.15) is 17.1 Å². The molecule has 2 heterocycles. The zero-order chi connectivity index (χ0) is 37.0. The van der Waals surface area contributed by atoms with E-state index in [1.165, 1.54) is 4.88 Å². The third-order valence-electron chi connectivity index (χ3n) is 8.59. The number of benzene rings is 3. The summed E-state index contributed by atoms with van der Waals surface area (Å²) in [5.41, 5.74) is 1.55. The molecule has 5 rings (SSSR count). The molecule has 11 heteroatoms. The number of nitrogens with zero attached hydrogens (tertiary/aromatic N) is 1. The molecule has 0 N–H and O–H groups in total. The summed E-state index contributed by atoms with van der Waals surface area (Å²) < 4.78 is 35.5. The second kappa shape index (κ2) is 19.0. The van der Waals surface area contributed by atoms with Crippen molar-refractivity contribution in [2.45, 2.75) is 90.1 Å². The molecule has 282 valence electrons. The van der Waals surface area contributed by atoms with Gasteiger partial charge in [0.15, 0.2) is 6.79 Å². The van der Waals surface area contributed by atoms with Gasteiger partial charge in [-0.15, -0.1) is 16.4 Å². The maximum Gasteiger partial charge on any atom is 0.528 e. The van der Waals surface area contributed by atoms with Crippen LogP contribution in [0.1, 0.15) is 55.5 Å². The van der Waals surface area contributed by atoms with E-state index < -0.39 is 19.8 Å². The Morgan fingerprint density at radius 2 is 1.65 bits per heavy atom. The van der Waals surface area contributed by atoms with Crippen molar-refractivity contribution in [3.63, 3.8) is 0 Å². The summed E-state index contributed by atoms with van der Waals surface area (Å²) in [6, 6.07) is 25.9. The fourth-order valence-corrected chi connectivity index (χ4v) is 7.23. The zero-order valence-corrected chi connectivity index (χ0v) is 33.4. The number of thiophene rings is 1. The van der Waals surface area contributed by atoms with Crippen molar-refractivity contribution in [3.8, 4) is 11.5 Å². The van der Waals surface area contributed by atoms with Gasteiger partial charge in [-0.1, -0.05) is 56.0 Å². The van der Waals surface area contributed by atoms with Crippen LogP contribution in [0.15, 0.2) is 78.2 Å². The van der Waals surface area contributed by atoms with Crippen LogP contribution in [-0.4, -0.2) is 70.7 Å². The van der Waals surface area contributed by atoms with Crippen LogP contribution < -0.4 is 9.47 Å². The minimum Gasteiger partial charge on any atom is -0.494 e. The van der Waals surface area contributed by atoms with Crippen LogP contribution in [0.25, 0.3) is 10.8 Å². The smallest absolute Gasteiger partial charge is 0.494 e. The van der Waals surface area contributed by atoms with Gasteiger partial charge in [0, 0.05) is 38.4 Å². The molecule has 1 aliphatic rings. The van der Waals surface area contributed by atoms with E-state index in [0.717, 1.165) is 58.9 Å². The van der Waals surface area contributed by atoms with E-state index in [4.69, 9.17) is 33.3 Å².